The van der Waals surface area contributed by atoms with Crippen molar-refractivity contribution in [1.29, 1.82) is 0 Å². The first-order valence-corrected chi connectivity index (χ1v) is 9.35. The molecular formula is C16H26N2O4S. The van der Waals surface area contributed by atoms with E-state index in [1.54, 1.807) is 31.2 Å². The summed E-state index contributed by atoms with van der Waals surface area (Å²) in [5.74, 6) is -0.214. The molecule has 6 nitrogen and oxygen atoms in total. The fourth-order valence-corrected chi connectivity index (χ4v) is 2.71. The van der Waals surface area contributed by atoms with Crippen LogP contribution in [0.5, 0.6) is 0 Å². The zero-order valence-corrected chi connectivity index (χ0v) is 15.0. The molecule has 1 aromatic carbocycles. The first kappa shape index (κ1) is 19.4. The zero-order chi connectivity index (χ0) is 17.5. The predicted molar refractivity (Wildman–Crippen MR) is 92.3 cm³/mol. The monoisotopic (exact) mass is 342 g/mol. The minimum absolute atomic E-state index is 0.00970. The zero-order valence-electron chi connectivity index (χ0n) is 14.2. The van der Waals surface area contributed by atoms with Gasteiger partial charge in [-0.25, -0.2) is 8.42 Å². The average Bonchev–Trinajstić information content (AvgIpc) is 2.53. The normalized spacial score (nSPS) is 11.5. The summed E-state index contributed by atoms with van der Waals surface area (Å²) >= 11 is 0. The van der Waals surface area contributed by atoms with Crippen LogP contribution in [-0.2, 0) is 14.8 Å². The molecule has 0 bridgehead atoms. The third-order valence-electron chi connectivity index (χ3n) is 3.31. The van der Waals surface area contributed by atoms with Gasteiger partial charge in [0.15, 0.2) is 0 Å². The highest BCUT2D eigenvalue weighted by Gasteiger charge is 2.17. The van der Waals surface area contributed by atoms with Gasteiger partial charge in [-0.15, -0.1) is 0 Å². The largest absolute Gasteiger partial charge is 0.379 e. The first-order chi connectivity index (χ1) is 10.8. The van der Waals surface area contributed by atoms with Gasteiger partial charge >= 0.3 is 0 Å². The van der Waals surface area contributed by atoms with Crippen LogP contribution in [0.25, 0.3) is 0 Å². The van der Waals surface area contributed by atoms with E-state index in [0.717, 1.165) is 6.42 Å². The lowest BCUT2D eigenvalue weighted by molar-refractivity contribution is 0.0757. The second kappa shape index (κ2) is 8.88. The maximum absolute atomic E-state index is 12.1. The number of carbonyl (C=O) groups is 1. The van der Waals surface area contributed by atoms with E-state index in [4.69, 9.17) is 4.74 Å². The summed E-state index contributed by atoms with van der Waals surface area (Å²) in [5.41, 5.74) is 0.910. The Hall–Kier alpha value is -1.60. The highest BCUT2D eigenvalue weighted by Crippen LogP contribution is 2.18. The Morgan fingerprint density at radius 3 is 2.65 bits per heavy atom. The minimum atomic E-state index is -3.34. The summed E-state index contributed by atoms with van der Waals surface area (Å²) in [6.45, 7) is 6.62. The van der Waals surface area contributed by atoms with Crippen molar-refractivity contribution < 1.29 is 17.9 Å². The van der Waals surface area contributed by atoms with Crippen molar-refractivity contribution in [3.8, 4) is 0 Å². The number of anilines is 1. The van der Waals surface area contributed by atoms with E-state index in [0.29, 0.717) is 24.4 Å². The summed E-state index contributed by atoms with van der Waals surface area (Å²) in [4.78, 5) is 12.1. The van der Waals surface area contributed by atoms with Crippen LogP contribution in [0.1, 0.15) is 37.6 Å². The number of amides is 1. The van der Waals surface area contributed by atoms with Gasteiger partial charge in [0.1, 0.15) is 0 Å². The molecule has 0 spiro atoms. The molecule has 0 aliphatic carbocycles. The number of nitrogens with zero attached hydrogens (tertiary/aromatic N) is 1. The van der Waals surface area contributed by atoms with E-state index >= 15 is 0 Å². The van der Waals surface area contributed by atoms with E-state index in [1.807, 2.05) is 13.8 Å². The van der Waals surface area contributed by atoms with Gasteiger partial charge < -0.3 is 10.1 Å². The maximum Gasteiger partial charge on any atom is 0.251 e. The molecule has 23 heavy (non-hydrogen) atoms. The lowest BCUT2D eigenvalue weighted by Gasteiger charge is -2.19. The van der Waals surface area contributed by atoms with Gasteiger partial charge in [-0.05, 0) is 45.4 Å². The van der Waals surface area contributed by atoms with Crippen molar-refractivity contribution in [3.05, 3.63) is 29.8 Å². The predicted octanol–water partition coefficient (Wildman–Crippen LogP) is 2.02. The molecule has 130 valence electrons. The summed E-state index contributed by atoms with van der Waals surface area (Å²) in [6, 6.07) is 6.58. The second-order valence-corrected chi connectivity index (χ2v) is 7.74. The Labute approximate surface area is 138 Å². The molecule has 1 rings (SSSR count). The molecule has 0 aliphatic heterocycles. The standard InChI is InChI=1S/C16H26N2O4S/c1-5-23(20,21)18(4)15-9-6-8-14(12-15)16(19)17-10-7-11-22-13(2)3/h6,8-9,12-13H,5,7,10-11H2,1-4H3,(H,17,19). The van der Waals surface area contributed by atoms with E-state index in [2.05, 4.69) is 5.32 Å². The Morgan fingerprint density at radius 2 is 2.04 bits per heavy atom. The smallest absolute Gasteiger partial charge is 0.251 e. The Balaban J connectivity index is 2.64. The lowest BCUT2D eigenvalue weighted by atomic mass is 10.2. The van der Waals surface area contributed by atoms with Gasteiger partial charge in [-0.1, -0.05) is 6.07 Å². The van der Waals surface area contributed by atoms with E-state index in [9.17, 15) is 13.2 Å². The van der Waals surface area contributed by atoms with Crippen LogP contribution in [0.2, 0.25) is 0 Å². The van der Waals surface area contributed by atoms with Gasteiger partial charge in [0.05, 0.1) is 17.5 Å². The molecule has 7 heteroatoms. The molecule has 0 saturated carbocycles. The fourth-order valence-electron chi connectivity index (χ4n) is 1.89. The van der Waals surface area contributed by atoms with Crippen molar-refractivity contribution in [2.75, 3.05) is 30.3 Å². The van der Waals surface area contributed by atoms with E-state index in [1.165, 1.54) is 11.4 Å². The number of rotatable bonds is 9. The molecule has 0 saturated heterocycles. The van der Waals surface area contributed by atoms with Crippen LogP contribution >= 0.6 is 0 Å². The van der Waals surface area contributed by atoms with Gasteiger partial charge in [0.25, 0.3) is 5.91 Å². The van der Waals surface area contributed by atoms with E-state index in [-0.39, 0.29) is 17.8 Å². The highest BCUT2D eigenvalue weighted by molar-refractivity contribution is 7.92. The molecule has 0 unspecified atom stereocenters. The van der Waals surface area contributed by atoms with Crippen LogP contribution in [0.15, 0.2) is 24.3 Å². The van der Waals surface area contributed by atoms with Gasteiger partial charge in [-0.2, -0.15) is 0 Å². The van der Waals surface area contributed by atoms with Crippen LogP contribution in [-0.4, -0.2) is 46.4 Å². The topological polar surface area (TPSA) is 75.7 Å². The lowest BCUT2D eigenvalue weighted by Crippen LogP contribution is -2.29. The van der Waals surface area contributed by atoms with Crippen LogP contribution in [0.3, 0.4) is 0 Å². The van der Waals surface area contributed by atoms with Gasteiger partial charge in [0, 0.05) is 25.8 Å². The van der Waals surface area contributed by atoms with Crippen LogP contribution < -0.4 is 9.62 Å². The second-order valence-electron chi connectivity index (χ2n) is 5.45. The summed E-state index contributed by atoms with van der Waals surface area (Å²) in [5, 5.41) is 2.80. The van der Waals surface area contributed by atoms with Crippen LogP contribution in [0, 0.1) is 0 Å². The highest BCUT2D eigenvalue weighted by atomic mass is 32.2. The molecule has 0 atom stereocenters. The number of nitrogens with one attached hydrogen (secondary N) is 1. The number of ether oxygens (including phenoxy) is 1. The third kappa shape index (κ3) is 6.19. The number of hydrogen-bond donors (Lipinski definition) is 1. The van der Waals surface area contributed by atoms with Crippen molar-refractivity contribution >= 4 is 21.6 Å². The molecule has 0 fully saturated rings. The number of sulfonamides is 1. The molecule has 1 aromatic rings. The van der Waals surface area contributed by atoms with Crippen molar-refractivity contribution in [2.45, 2.75) is 33.3 Å². The molecule has 1 N–H and O–H groups in total. The maximum atomic E-state index is 12.1. The van der Waals surface area contributed by atoms with Crippen molar-refractivity contribution in [2.24, 2.45) is 0 Å². The Bertz CT molecular complexity index is 614. The van der Waals surface area contributed by atoms with E-state index < -0.39 is 10.0 Å². The Morgan fingerprint density at radius 1 is 1.35 bits per heavy atom. The number of carbonyl (C=O) groups excluding carboxylic acids is 1. The minimum Gasteiger partial charge on any atom is -0.379 e. The number of hydrogen-bond acceptors (Lipinski definition) is 4. The fraction of sp³-hybridized carbons (Fsp3) is 0.562. The number of benzene rings is 1. The molecule has 0 aliphatic rings. The van der Waals surface area contributed by atoms with Crippen molar-refractivity contribution in [3.63, 3.8) is 0 Å². The van der Waals surface area contributed by atoms with Crippen LogP contribution in [0.4, 0.5) is 5.69 Å². The SMILES string of the molecule is CCS(=O)(=O)N(C)c1cccc(C(=O)NCCCOC(C)C)c1. The van der Waals surface area contributed by atoms with Gasteiger partial charge in [-0.3, -0.25) is 9.10 Å². The first-order valence-electron chi connectivity index (χ1n) is 7.74. The quantitative estimate of drug-likeness (QED) is 0.697. The molecule has 0 heterocycles. The summed E-state index contributed by atoms with van der Waals surface area (Å²) in [7, 11) is -1.86. The summed E-state index contributed by atoms with van der Waals surface area (Å²) < 4.78 is 30.4. The third-order valence-corrected chi connectivity index (χ3v) is 5.09. The van der Waals surface area contributed by atoms with Gasteiger partial charge in [0.2, 0.25) is 10.0 Å². The molecular weight excluding hydrogens is 316 g/mol. The molecule has 0 aromatic heterocycles. The summed E-state index contributed by atoms with van der Waals surface area (Å²) in [6.07, 6.45) is 0.909. The molecule has 1 amide bonds. The average molecular weight is 342 g/mol. The molecule has 0 radical (unpaired) electrons. The Kier molecular flexibility index (Phi) is 7.51. The van der Waals surface area contributed by atoms with Crippen molar-refractivity contribution in [1.82, 2.24) is 5.32 Å².